The monoisotopic (exact) mass is 325 g/mol. The maximum Gasteiger partial charge on any atom is 0.0915 e. The topological polar surface area (TPSA) is 89.4 Å². The van der Waals surface area contributed by atoms with Crippen molar-refractivity contribution in [3.05, 3.63) is 0 Å². The summed E-state index contributed by atoms with van der Waals surface area (Å²) in [5.74, 6) is 0. The van der Waals surface area contributed by atoms with Crippen LogP contribution in [-0.4, -0.2) is 81.8 Å². The van der Waals surface area contributed by atoms with E-state index in [9.17, 15) is 10.2 Å². The van der Waals surface area contributed by atoms with Gasteiger partial charge in [-0.05, 0) is 0 Å². The lowest BCUT2D eigenvalue weighted by Gasteiger charge is -2.32. The average molecular weight is 325 g/mol. The molecule has 1 fully saturated rings. The Morgan fingerprint density at radius 3 is 1.62 bits per heavy atom. The first-order chi connectivity index (χ1) is 10.1. The van der Waals surface area contributed by atoms with Crippen LogP contribution in [0.2, 0.25) is 0 Å². The van der Waals surface area contributed by atoms with E-state index in [2.05, 4.69) is 14.5 Å². The van der Waals surface area contributed by atoms with E-state index < -0.39 is 11.0 Å². The van der Waals surface area contributed by atoms with Crippen molar-refractivity contribution in [3.63, 3.8) is 0 Å². The first kappa shape index (κ1) is 19.2. The molecule has 0 radical (unpaired) electrons. The summed E-state index contributed by atoms with van der Waals surface area (Å²) in [5, 5.41) is 21.9. The predicted octanol–water partition coefficient (Wildman–Crippen LogP) is -0.824. The molecule has 0 aromatic rings. The first-order valence-corrected chi connectivity index (χ1v) is 7.68. The van der Waals surface area contributed by atoms with Gasteiger partial charge in [-0.15, -0.1) is 0 Å². The molecule has 1 unspecified atom stereocenters. The Hall–Kier alpha value is 0.150. The Morgan fingerprint density at radius 2 is 1.29 bits per heavy atom. The summed E-state index contributed by atoms with van der Waals surface area (Å²) in [4.78, 5) is 0. The minimum absolute atomic E-state index is 0.000679. The van der Waals surface area contributed by atoms with Crippen LogP contribution in [0.3, 0.4) is 0 Å². The van der Waals surface area contributed by atoms with E-state index in [0.29, 0.717) is 52.9 Å². The summed E-state index contributed by atoms with van der Waals surface area (Å²) < 4.78 is 22.2. The van der Waals surface area contributed by atoms with Gasteiger partial charge < -0.3 is 29.2 Å². The summed E-state index contributed by atoms with van der Waals surface area (Å²) in [6.45, 7) is 4.93. The smallest absolute Gasteiger partial charge is 0.0915 e. The van der Waals surface area contributed by atoms with Gasteiger partial charge in [-0.25, -0.2) is 0 Å². The van der Waals surface area contributed by atoms with Crippen LogP contribution in [0.15, 0.2) is 0 Å². The fraction of sp³-hybridized carbons (Fsp3) is 1.00. The Labute approximate surface area is 128 Å². The molecule has 3 N–H and O–H groups in total. The van der Waals surface area contributed by atoms with Gasteiger partial charge in [0.25, 0.3) is 0 Å². The van der Waals surface area contributed by atoms with Crippen LogP contribution in [0.5, 0.6) is 0 Å². The van der Waals surface area contributed by atoms with E-state index in [-0.39, 0.29) is 13.2 Å². The van der Waals surface area contributed by atoms with Gasteiger partial charge >= 0.3 is 0 Å². The van der Waals surface area contributed by atoms with Gasteiger partial charge in [0.05, 0.1) is 71.6 Å². The van der Waals surface area contributed by atoms with Gasteiger partial charge in [0.2, 0.25) is 0 Å². The van der Waals surface area contributed by atoms with Gasteiger partial charge in [0.1, 0.15) is 0 Å². The largest absolute Gasteiger partial charge is 0.396 e. The number of aliphatic hydroxyl groups is 2. The zero-order valence-electron chi connectivity index (χ0n) is 12.7. The molecule has 1 rings (SSSR count). The van der Waals surface area contributed by atoms with Crippen molar-refractivity contribution in [3.8, 4) is 0 Å². The highest BCUT2D eigenvalue weighted by Crippen LogP contribution is 2.17. The van der Waals surface area contributed by atoms with E-state index in [4.69, 9.17) is 18.9 Å². The second kappa shape index (κ2) is 10.0. The number of nitrogens with one attached hydrogen (secondary N) is 1. The van der Waals surface area contributed by atoms with Crippen LogP contribution in [0, 0.1) is 5.41 Å². The third kappa shape index (κ3) is 6.84. The number of hydrogen-bond acceptors (Lipinski definition) is 7. The van der Waals surface area contributed by atoms with Crippen molar-refractivity contribution in [1.29, 1.82) is 0 Å². The molecule has 1 aliphatic rings. The lowest BCUT2D eigenvalue weighted by Crippen LogP contribution is -2.52. The minimum Gasteiger partial charge on any atom is -0.396 e. The van der Waals surface area contributed by atoms with Crippen molar-refractivity contribution >= 4 is 9.39 Å². The Morgan fingerprint density at radius 1 is 0.857 bits per heavy atom. The highest BCUT2D eigenvalue weighted by molar-refractivity contribution is 7.13. The highest BCUT2D eigenvalue weighted by Gasteiger charge is 2.29. The molecular formula is C13H28NO6P. The molecule has 21 heavy (non-hydrogen) atoms. The normalized spacial score (nSPS) is 34.3. The van der Waals surface area contributed by atoms with Gasteiger partial charge in [0.15, 0.2) is 0 Å². The molecule has 1 atom stereocenters. The molecule has 1 heterocycles. The standard InChI is InChI=1S/C13H28NO6P/c1-12(6-15)8-17-2-4-19-10-13(7-16,14-21)11-20-5-3-18-9-12/h14-16H,2-11,21H2,1H3. The molecule has 0 aliphatic carbocycles. The third-order valence-corrected chi connectivity index (χ3v) is 4.00. The zero-order valence-corrected chi connectivity index (χ0v) is 13.8. The fourth-order valence-electron chi connectivity index (χ4n) is 1.80. The van der Waals surface area contributed by atoms with E-state index in [0.717, 1.165) is 0 Å². The van der Waals surface area contributed by atoms with Crippen LogP contribution < -0.4 is 5.09 Å². The molecule has 0 aromatic carbocycles. The molecule has 8 heteroatoms. The minimum atomic E-state index is -0.644. The maximum atomic E-state index is 9.52. The number of hydrogen-bond donors (Lipinski definition) is 3. The van der Waals surface area contributed by atoms with Crippen LogP contribution in [-0.2, 0) is 18.9 Å². The van der Waals surface area contributed by atoms with Crippen molar-refractivity contribution < 1.29 is 29.2 Å². The average Bonchev–Trinajstić information content (AvgIpc) is 2.51. The number of ether oxygens (including phenoxy) is 4. The quantitative estimate of drug-likeness (QED) is 0.584. The van der Waals surface area contributed by atoms with Gasteiger partial charge in [-0.3, -0.25) is 5.09 Å². The summed E-state index contributed by atoms with van der Waals surface area (Å²) in [7, 11) is 2.39. The Kier molecular flexibility index (Phi) is 9.16. The lowest BCUT2D eigenvalue weighted by molar-refractivity contribution is -0.0805. The third-order valence-electron chi connectivity index (χ3n) is 3.39. The molecule has 7 nitrogen and oxygen atoms in total. The van der Waals surface area contributed by atoms with Crippen molar-refractivity contribution in [2.45, 2.75) is 12.5 Å². The van der Waals surface area contributed by atoms with Gasteiger partial charge in [-0.2, -0.15) is 0 Å². The SMILES string of the molecule is CC1(CO)COCCOCC(CO)(NP)COCCOC1. The predicted molar refractivity (Wildman–Crippen MR) is 81.1 cm³/mol. The van der Waals surface area contributed by atoms with Gasteiger partial charge in [0, 0.05) is 5.41 Å². The fourth-order valence-corrected chi connectivity index (χ4v) is 2.06. The van der Waals surface area contributed by atoms with Crippen LogP contribution in [0.1, 0.15) is 6.92 Å². The molecule has 0 saturated carbocycles. The summed E-state index contributed by atoms with van der Waals surface area (Å²) in [6.07, 6.45) is 0. The summed E-state index contributed by atoms with van der Waals surface area (Å²) >= 11 is 0. The number of rotatable bonds is 3. The second-order valence-corrected chi connectivity index (χ2v) is 6.05. The van der Waals surface area contributed by atoms with Crippen LogP contribution in [0.4, 0.5) is 0 Å². The zero-order chi connectivity index (χ0) is 15.6. The molecular weight excluding hydrogens is 297 g/mol. The van der Waals surface area contributed by atoms with Gasteiger partial charge in [-0.1, -0.05) is 16.3 Å². The van der Waals surface area contributed by atoms with E-state index in [1.165, 1.54) is 0 Å². The van der Waals surface area contributed by atoms with Crippen LogP contribution in [0.25, 0.3) is 0 Å². The molecule has 1 saturated heterocycles. The number of aliphatic hydroxyl groups excluding tert-OH is 2. The molecule has 0 bridgehead atoms. The molecule has 0 amide bonds. The van der Waals surface area contributed by atoms with Crippen molar-refractivity contribution in [2.75, 3.05) is 66.1 Å². The maximum absolute atomic E-state index is 9.52. The Bertz CT molecular complexity index is 259. The first-order valence-electron chi connectivity index (χ1n) is 7.10. The van der Waals surface area contributed by atoms with Crippen molar-refractivity contribution in [2.24, 2.45) is 5.41 Å². The Balaban J connectivity index is 2.51. The summed E-state index contributed by atoms with van der Waals surface area (Å²) in [6, 6.07) is 0. The molecule has 126 valence electrons. The lowest BCUT2D eigenvalue weighted by atomic mass is 9.94. The summed E-state index contributed by atoms with van der Waals surface area (Å²) in [5.41, 5.74) is -1.06. The van der Waals surface area contributed by atoms with E-state index in [1.807, 2.05) is 6.92 Å². The van der Waals surface area contributed by atoms with Crippen molar-refractivity contribution in [1.82, 2.24) is 5.09 Å². The molecule has 0 spiro atoms. The highest BCUT2D eigenvalue weighted by atomic mass is 31.0. The van der Waals surface area contributed by atoms with Crippen LogP contribution >= 0.6 is 9.39 Å². The molecule has 0 aromatic heterocycles. The van der Waals surface area contributed by atoms with E-state index >= 15 is 0 Å². The van der Waals surface area contributed by atoms with E-state index in [1.54, 1.807) is 0 Å². The molecule has 1 aliphatic heterocycles. The second-order valence-electron chi connectivity index (χ2n) is 5.76.